The molecular weight excluding hydrogens is 206 g/mol. The zero-order valence-corrected chi connectivity index (χ0v) is 11.4. The van der Waals surface area contributed by atoms with Gasteiger partial charge < -0.3 is 5.32 Å². The van der Waals surface area contributed by atoms with Gasteiger partial charge in [0.1, 0.15) is 0 Å². The van der Waals surface area contributed by atoms with Gasteiger partial charge in [0.15, 0.2) is 0 Å². The van der Waals surface area contributed by atoms with Crippen LogP contribution < -0.4 is 5.32 Å². The Morgan fingerprint density at radius 3 is 2.40 bits per heavy atom. The Hall–Kier alpha value is 0.110. The molecule has 0 aliphatic carbocycles. The van der Waals surface area contributed by atoms with Crippen LogP contribution in [-0.2, 0) is 10.8 Å². The minimum Gasteiger partial charge on any atom is -0.313 e. The molecule has 15 heavy (non-hydrogen) atoms. The average Bonchev–Trinajstić information content (AvgIpc) is 2.23. The van der Waals surface area contributed by atoms with Gasteiger partial charge in [-0.15, -0.1) is 0 Å². The van der Waals surface area contributed by atoms with Gasteiger partial charge >= 0.3 is 0 Å². The molecular formula is C12H27NOS. The second-order valence-electron chi connectivity index (χ2n) is 4.10. The van der Waals surface area contributed by atoms with Crippen LogP contribution in [0.5, 0.6) is 0 Å². The molecule has 3 heteroatoms. The largest absolute Gasteiger partial charge is 0.313 e. The fraction of sp³-hybridized carbons (Fsp3) is 1.00. The first kappa shape index (κ1) is 15.1. The lowest BCUT2D eigenvalue weighted by Crippen LogP contribution is -2.35. The van der Waals surface area contributed by atoms with Crippen LogP contribution in [0.2, 0.25) is 0 Å². The molecule has 0 spiro atoms. The summed E-state index contributed by atoms with van der Waals surface area (Å²) >= 11 is 0. The smallest absolute Gasteiger partial charge is 0.0388 e. The molecule has 0 heterocycles. The molecule has 2 nitrogen and oxygen atoms in total. The Morgan fingerprint density at radius 2 is 1.87 bits per heavy atom. The lowest BCUT2D eigenvalue weighted by molar-refractivity contribution is 0.510. The van der Waals surface area contributed by atoms with Crippen LogP contribution >= 0.6 is 0 Å². The third-order valence-electron chi connectivity index (χ3n) is 2.43. The van der Waals surface area contributed by atoms with Crippen molar-refractivity contribution in [2.75, 3.05) is 18.1 Å². The van der Waals surface area contributed by atoms with Crippen molar-refractivity contribution in [1.29, 1.82) is 0 Å². The highest BCUT2D eigenvalue weighted by atomic mass is 32.2. The maximum absolute atomic E-state index is 11.7. The minimum atomic E-state index is -0.617. The predicted molar refractivity (Wildman–Crippen MR) is 69.8 cm³/mol. The van der Waals surface area contributed by atoms with Crippen LogP contribution in [0.25, 0.3) is 0 Å². The first-order valence-corrected chi connectivity index (χ1v) is 7.81. The summed E-state index contributed by atoms with van der Waals surface area (Å²) in [6.45, 7) is 7.56. The van der Waals surface area contributed by atoms with Crippen LogP contribution in [0.15, 0.2) is 0 Å². The number of hydrogen-bond donors (Lipinski definition) is 1. The molecule has 0 aromatic rings. The van der Waals surface area contributed by atoms with Gasteiger partial charge in [-0.3, -0.25) is 4.21 Å². The number of nitrogens with one attached hydrogen (secondary N) is 1. The quantitative estimate of drug-likeness (QED) is 0.628. The number of unbranched alkanes of at least 4 members (excludes halogenated alkanes) is 1. The summed E-state index contributed by atoms with van der Waals surface area (Å²) in [7, 11) is -0.617. The van der Waals surface area contributed by atoms with Crippen LogP contribution in [0.3, 0.4) is 0 Å². The summed E-state index contributed by atoms with van der Waals surface area (Å²) in [5.41, 5.74) is 0. The van der Waals surface area contributed by atoms with Crippen molar-refractivity contribution < 1.29 is 4.21 Å². The third-order valence-corrected chi connectivity index (χ3v) is 3.95. The van der Waals surface area contributed by atoms with Gasteiger partial charge in [-0.25, -0.2) is 0 Å². The van der Waals surface area contributed by atoms with Gasteiger partial charge in [0.05, 0.1) is 0 Å². The molecule has 0 saturated heterocycles. The fourth-order valence-corrected chi connectivity index (χ4v) is 3.06. The molecule has 0 rings (SSSR count). The topological polar surface area (TPSA) is 29.1 Å². The van der Waals surface area contributed by atoms with Gasteiger partial charge in [0.2, 0.25) is 0 Å². The van der Waals surface area contributed by atoms with Crippen molar-refractivity contribution in [3.05, 3.63) is 0 Å². The summed E-state index contributed by atoms with van der Waals surface area (Å²) in [5, 5.41) is 3.48. The maximum atomic E-state index is 11.7. The van der Waals surface area contributed by atoms with Crippen molar-refractivity contribution in [1.82, 2.24) is 5.32 Å². The highest BCUT2D eigenvalue weighted by Crippen LogP contribution is 2.01. The van der Waals surface area contributed by atoms with Gasteiger partial charge in [-0.05, 0) is 25.8 Å². The standard InChI is InChI=1S/C12H27NOS/c1-4-7-10-15(14)11-12(8-5-2)13-9-6-3/h12-13H,4-11H2,1-3H3. The van der Waals surface area contributed by atoms with Crippen LogP contribution in [-0.4, -0.2) is 28.3 Å². The first-order chi connectivity index (χ1) is 7.24. The van der Waals surface area contributed by atoms with E-state index >= 15 is 0 Å². The molecule has 2 unspecified atom stereocenters. The zero-order valence-electron chi connectivity index (χ0n) is 10.6. The van der Waals surface area contributed by atoms with E-state index in [1.165, 1.54) is 6.42 Å². The van der Waals surface area contributed by atoms with E-state index in [4.69, 9.17) is 0 Å². The highest BCUT2D eigenvalue weighted by molar-refractivity contribution is 7.85. The molecule has 0 radical (unpaired) electrons. The van der Waals surface area contributed by atoms with Crippen LogP contribution in [0, 0.1) is 0 Å². The monoisotopic (exact) mass is 233 g/mol. The van der Waals surface area contributed by atoms with E-state index in [0.717, 1.165) is 43.7 Å². The number of hydrogen-bond acceptors (Lipinski definition) is 2. The summed E-state index contributed by atoms with van der Waals surface area (Å²) < 4.78 is 11.7. The summed E-state index contributed by atoms with van der Waals surface area (Å²) in [6, 6.07) is 0.465. The maximum Gasteiger partial charge on any atom is 0.0388 e. The Bertz CT molecular complexity index is 162. The van der Waals surface area contributed by atoms with Crippen LogP contribution in [0.1, 0.15) is 52.9 Å². The molecule has 0 aromatic heterocycles. The van der Waals surface area contributed by atoms with E-state index in [0.29, 0.717) is 6.04 Å². The van der Waals surface area contributed by atoms with Crippen LogP contribution in [0.4, 0.5) is 0 Å². The first-order valence-electron chi connectivity index (χ1n) is 6.32. The van der Waals surface area contributed by atoms with Crippen molar-refractivity contribution >= 4 is 10.8 Å². The van der Waals surface area contributed by atoms with E-state index in [9.17, 15) is 4.21 Å². The Kier molecular flexibility index (Phi) is 10.7. The normalized spacial score (nSPS) is 15.1. The molecule has 0 aromatic carbocycles. The minimum absolute atomic E-state index is 0.465. The fourth-order valence-electron chi connectivity index (χ4n) is 1.55. The van der Waals surface area contributed by atoms with Crippen molar-refractivity contribution in [2.24, 2.45) is 0 Å². The second kappa shape index (κ2) is 10.6. The van der Waals surface area contributed by atoms with E-state index in [-0.39, 0.29) is 0 Å². The van der Waals surface area contributed by atoms with E-state index in [1.54, 1.807) is 0 Å². The van der Waals surface area contributed by atoms with Gasteiger partial charge in [0, 0.05) is 28.3 Å². The molecule has 1 N–H and O–H groups in total. The zero-order chi connectivity index (χ0) is 11.5. The molecule has 92 valence electrons. The summed E-state index contributed by atoms with van der Waals surface area (Å²) in [5.74, 6) is 1.72. The van der Waals surface area contributed by atoms with E-state index in [1.807, 2.05) is 0 Å². The predicted octanol–water partition coefficient (Wildman–Crippen LogP) is 2.70. The molecule has 0 fully saturated rings. The Balaban J connectivity index is 3.76. The Morgan fingerprint density at radius 1 is 1.13 bits per heavy atom. The van der Waals surface area contributed by atoms with Crippen molar-refractivity contribution in [2.45, 2.75) is 58.9 Å². The average molecular weight is 233 g/mol. The number of rotatable bonds is 10. The lowest BCUT2D eigenvalue weighted by Gasteiger charge is -2.17. The highest BCUT2D eigenvalue weighted by Gasteiger charge is 2.10. The van der Waals surface area contributed by atoms with Crippen molar-refractivity contribution in [3.63, 3.8) is 0 Å². The summed E-state index contributed by atoms with van der Waals surface area (Å²) in [4.78, 5) is 0. The third kappa shape index (κ3) is 9.06. The summed E-state index contributed by atoms with van der Waals surface area (Å²) in [6.07, 6.45) is 5.72. The molecule has 0 saturated carbocycles. The Labute approximate surface area is 97.7 Å². The molecule has 0 aliphatic rings. The molecule has 0 amide bonds. The van der Waals surface area contributed by atoms with Gasteiger partial charge in [-0.2, -0.15) is 0 Å². The van der Waals surface area contributed by atoms with Gasteiger partial charge in [-0.1, -0.05) is 33.6 Å². The molecule has 0 bridgehead atoms. The molecule has 0 aliphatic heterocycles. The van der Waals surface area contributed by atoms with Crippen molar-refractivity contribution in [3.8, 4) is 0 Å². The van der Waals surface area contributed by atoms with E-state index < -0.39 is 10.8 Å². The second-order valence-corrected chi connectivity index (χ2v) is 5.73. The van der Waals surface area contributed by atoms with Gasteiger partial charge in [0.25, 0.3) is 0 Å². The SMILES string of the molecule is CCCCS(=O)CC(CCC)NCCC. The van der Waals surface area contributed by atoms with E-state index in [2.05, 4.69) is 26.1 Å². The lowest BCUT2D eigenvalue weighted by atomic mass is 10.2. The molecule has 2 atom stereocenters.